The van der Waals surface area contributed by atoms with E-state index in [0.717, 1.165) is 30.2 Å². The topological polar surface area (TPSA) is 63.7 Å². The van der Waals surface area contributed by atoms with Gasteiger partial charge in [-0.2, -0.15) is 8.42 Å². The maximum atomic E-state index is 13.4. The zero-order chi connectivity index (χ0) is 21.4. The molecule has 0 aliphatic carbocycles. The highest BCUT2D eigenvalue weighted by molar-refractivity contribution is 7.86. The van der Waals surface area contributed by atoms with Gasteiger partial charge < -0.3 is 9.08 Å². The molecule has 0 aromatic heterocycles. The normalized spacial score (nSPS) is 12.6. The zero-order valence-electron chi connectivity index (χ0n) is 17.7. The average Bonchev–Trinajstić information content (AvgIpc) is 2.66. The van der Waals surface area contributed by atoms with Crippen molar-refractivity contribution in [2.24, 2.45) is 5.92 Å². The summed E-state index contributed by atoms with van der Waals surface area (Å²) in [6.07, 6.45) is 2.68. The summed E-state index contributed by atoms with van der Waals surface area (Å²) in [6.45, 7) is 7.49. The highest BCUT2D eigenvalue weighted by Gasteiger charge is 2.24. The fourth-order valence-electron chi connectivity index (χ4n) is 3.19. The van der Waals surface area contributed by atoms with Gasteiger partial charge in [-0.1, -0.05) is 63.2 Å². The number of hydrogen-bond donors (Lipinski definition) is 0. The van der Waals surface area contributed by atoms with Crippen LogP contribution in [-0.2, 0) is 21.5 Å². The molecule has 0 saturated heterocycles. The molecule has 158 valence electrons. The van der Waals surface area contributed by atoms with Crippen molar-refractivity contribution in [3.8, 4) is 5.75 Å². The van der Waals surface area contributed by atoms with Gasteiger partial charge in [-0.05, 0) is 42.0 Å². The summed E-state index contributed by atoms with van der Waals surface area (Å²) >= 11 is 0. The van der Waals surface area contributed by atoms with Crippen LogP contribution in [0.3, 0.4) is 0 Å². The third-order valence-electron chi connectivity index (χ3n) is 4.74. The van der Waals surface area contributed by atoms with Crippen LogP contribution in [0.2, 0.25) is 0 Å². The molecule has 2 rings (SSSR count). The third-order valence-corrected chi connectivity index (χ3v) is 5.24. The van der Waals surface area contributed by atoms with Gasteiger partial charge in [0.25, 0.3) is 0 Å². The highest BCUT2D eigenvalue weighted by atomic mass is 32.2. The van der Waals surface area contributed by atoms with E-state index in [-0.39, 0.29) is 17.6 Å². The standard InChI is InChI=1S/C23H31NO4S/c1-5-22(20-9-7-6-8-10-20)23(25)24(16-15-18(2)3)17-19-11-13-21(14-12-19)28-29(4,26)27/h6-14,18,22H,5,15-17H2,1-4H3/t22-/m1/s1. The van der Waals surface area contributed by atoms with Crippen LogP contribution in [0, 0.1) is 5.92 Å². The lowest BCUT2D eigenvalue weighted by Crippen LogP contribution is -2.36. The van der Waals surface area contributed by atoms with E-state index in [2.05, 4.69) is 13.8 Å². The molecule has 6 heteroatoms. The van der Waals surface area contributed by atoms with Crippen molar-refractivity contribution in [2.45, 2.75) is 46.1 Å². The smallest absolute Gasteiger partial charge is 0.306 e. The monoisotopic (exact) mass is 417 g/mol. The zero-order valence-corrected chi connectivity index (χ0v) is 18.5. The van der Waals surface area contributed by atoms with E-state index in [1.165, 1.54) is 0 Å². The lowest BCUT2D eigenvalue weighted by molar-refractivity contribution is -0.133. The molecular weight excluding hydrogens is 386 g/mol. The molecule has 0 bridgehead atoms. The molecule has 29 heavy (non-hydrogen) atoms. The molecule has 0 radical (unpaired) electrons. The maximum Gasteiger partial charge on any atom is 0.306 e. The summed E-state index contributed by atoms with van der Waals surface area (Å²) in [7, 11) is -3.55. The van der Waals surface area contributed by atoms with Crippen LogP contribution in [0.1, 0.15) is 50.7 Å². The molecule has 0 saturated carbocycles. The molecule has 0 fully saturated rings. The number of hydrogen-bond acceptors (Lipinski definition) is 4. The largest absolute Gasteiger partial charge is 0.383 e. The minimum Gasteiger partial charge on any atom is -0.383 e. The molecule has 0 heterocycles. The van der Waals surface area contributed by atoms with Gasteiger partial charge in [0.1, 0.15) is 5.75 Å². The summed E-state index contributed by atoms with van der Waals surface area (Å²) < 4.78 is 27.4. The van der Waals surface area contributed by atoms with Crippen molar-refractivity contribution in [3.05, 3.63) is 65.7 Å². The first-order chi connectivity index (χ1) is 13.7. The molecule has 0 unspecified atom stereocenters. The molecule has 2 aromatic carbocycles. The Hall–Kier alpha value is -2.34. The second-order valence-electron chi connectivity index (χ2n) is 7.75. The molecule has 0 N–H and O–H groups in total. The van der Waals surface area contributed by atoms with Gasteiger partial charge in [-0.15, -0.1) is 0 Å². The van der Waals surface area contributed by atoms with E-state index in [4.69, 9.17) is 4.18 Å². The first kappa shape index (κ1) is 22.9. The van der Waals surface area contributed by atoms with Crippen molar-refractivity contribution < 1.29 is 17.4 Å². The SMILES string of the molecule is CC[C@@H](C(=O)N(CCC(C)C)Cc1ccc(OS(C)(=O)=O)cc1)c1ccccc1. The van der Waals surface area contributed by atoms with Crippen LogP contribution in [-0.4, -0.2) is 32.0 Å². The summed E-state index contributed by atoms with van der Waals surface area (Å²) in [5.41, 5.74) is 1.97. The summed E-state index contributed by atoms with van der Waals surface area (Å²) in [5.74, 6) is 0.715. The van der Waals surface area contributed by atoms with Crippen molar-refractivity contribution in [3.63, 3.8) is 0 Å². The average molecular weight is 418 g/mol. The van der Waals surface area contributed by atoms with E-state index >= 15 is 0 Å². The van der Waals surface area contributed by atoms with E-state index in [0.29, 0.717) is 19.0 Å². The van der Waals surface area contributed by atoms with Gasteiger partial charge in [-0.3, -0.25) is 4.79 Å². The second kappa shape index (κ2) is 10.4. The number of nitrogens with zero attached hydrogens (tertiary/aromatic N) is 1. The third kappa shape index (κ3) is 7.54. The molecule has 1 atom stereocenters. The first-order valence-electron chi connectivity index (χ1n) is 10.0. The fourth-order valence-corrected chi connectivity index (χ4v) is 3.65. The number of carbonyl (C=O) groups is 1. The summed E-state index contributed by atoms with van der Waals surface area (Å²) in [6, 6.07) is 16.7. The Balaban J connectivity index is 2.19. The number of amides is 1. The van der Waals surface area contributed by atoms with E-state index in [1.54, 1.807) is 24.3 Å². The van der Waals surface area contributed by atoms with Crippen LogP contribution in [0.4, 0.5) is 0 Å². The fraction of sp³-hybridized carbons (Fsp3) is 0.435. The number of rotatable bonds is 10. The predicted octanol–water partition coefficient (Wildman–Crippen LogP) is 4.59. The first-order valence-corrected chi connectivity index (χ1v) is 11.8. The lowest BCUT2D eigenvalue weighted by Gasteiger charge is -2.28. The Morgan fingerprint density at radius 2 is 1.66 bits per heavy atom. The highest BCUT2D eigenvalue weighted by Crippen LogP contribution is 2.24. The van der Waals surface area contributed by atoms with Crippen molar-refractivity contribution in [2.75, 3.05) is 12.8 Å². The molecule has 0 spiro atoms. The summed E-state index contributed by atoms with van der Waals surface area (Å²) in [5, 5.41) is 0. The minimum atomic E-state index is -3.55. The van der Waals surface area contributed by atoms with Crippen LogP contribution < -0.4 is 4.18 Å². The number of carbonyl (C=O) groups excluding carboxylic acids is 1. The van der Waals surface area contributed by atoms with Gasteiger partial charge in [0.15, 0.2) is 0 Å². The quantitative estimate of drug-likeness (QED) is 0.530. The van der Waals surface area contributed by atoms with E-state index in [1.807, 2.05) is 42.2 Å². The Bertz CT molecular complexity index is 877. The molecule has 0 aliphatic rings. The predicted molar refractivity (Wildman–Crippen MR) is 116 cm³/mol. The van der Waals surface area contributed by atoms with Gasteiger partial charge in [0, 0.05) is 13.1 Å². The molecular formula is C23H31NO4S. The Morgan fingerprint density at radius 1 is 1.03 bits per heavy atom. The number of benzene rings is 2. The molecule has 0 aliphatic heterocycles. The Morgan fingerprint density at radius 3 is 2.17 bits per heavy atom. The van der Waals surface area contributed by atoms with Gasteiger partial charge in [-0.25, -0.2) is 0 Å². The van der Waals surface area contributed by atoms with Crippen LogP contribution in [0.5, 0.6) is 5.75 Å². The maximum absolute atomic E-state index is 13.4. The second-order valence-corrected chi connectivity index (χ2v) is 9.32. The van der Waals surface area contributed by atoms with Gasteiger partial charge >= 0.3 is 10.1 Å². The van der Waals surface area contributed by atoms with Crippen molar-refractivity contribution in [1.82, 2.24) is 4.90 Å². The van der Waals surface area contributed by atoms with E-state index < -0.39 is 10.1 Å². The lowest BCUT2D eigenvalue weighted by atomic mass is 9.94. The van der Waals surface area contributed by atoms with Crippen LogP contribution in [0.15, 0.2) is 54.6 Å². The Kier molecular flexibility index (Phi) is 8.26. The van der Waals surface area contributed by atoms with Crippen molar-refractivity contribution >= 4 is 16.0 Å². The van der Waals surface area contributed by atoms with Crippen LogP contribution >= 0.6 is 0 Å². The molecule has 5 nitrogen and oxygen atoms in total. The van der Waals surface area contributed by atoms with Crippen LogP contribution in [0.25, 0.3) is 0 Å². The molecule has 2 aromatic rings. The Labute approximate surface area is 174 Å². The van der Waals surface area contributed by atoms with Gasteiger partial charge in [0.2, 0.25) is 5.91 Å². The van der Waals surface area contributed by atoms with Gasteiger partial charge in [0.05, 0.1) is 12.2 Å². The molecule has 1 amide bonds. The van der Waals surface area contributed by atoms with Crippen molar-refractivity contribution in [1.29, 1.82) is 0 Å². The minimum absolute atomic E-state index is 0.121. The summed E-state index contributed by atoms with van der Waals surface area (Å²) in [4.78, 5) is 15.3. The van der Waals surface area contributed by atoms with E-state index in [9.17, 15) is 13.2 Å².